The average Bonchev–Trinajstić information content (AvgIpc) is 2.33. The third kappa shape index (κ3) is 2.59. The maximum atomic E-state index is 10.7. The molecule has 0 saturated carbocycles. The first-order valence-electron chi connectivity index (χ1n) is 5.50. The highest BCUT2D eigenvalue weighted by Gasteiger charge is 2.10. The number of nitrogens with zero attached hydrogens (tertiary/aromatic N) is 1. The Morgan fingerprint density at radius 1 is 1.38 bits per heavy atom. The van der Waals surface area contributed by atoms with Gasteiger partial charge in [0.15, 0.2) is 6.29 Å². The number of phenolic OH excluding ortho intramolecular Hbond substituents is 1. The summed E-state index contributed by atoms with van der Waals surface area (Å²) in [5, 5.41) is 12.7. The predicted molar refractivity (Wildman–Crippen MR) is 61.6 cm³/mol. The van der Waals surface area contributed by atoms with Crippen LogP contribution in [0.15, 0.2) is 18.2 Å². The normalized spacial score (nSPS) is 17.2. The maximum absolute atomic E-state index is 10.7. The molecule has 1 aliphatic rings. The molecule has 4 heteroatoms. The van der Waals surface area contributed by atoms with Crippen LogP contribution in [0, 0.1) is 0 Å². The molecule has 1 aromatic rings. The van der Waals surface area contributed by atoms with Crippen molar-refractivity contribution >= 4 is 6.29 Å². The highest BCUT2D eigenvalue weighted by molar-refractivity contribution is 5.79. The monoisotopic (exact) mass is 220 g/mol. The Labute approximate surface area is 94.9 Å². The molecule has 1 aliphatic heterocycles. The third-order valence-electron chi connectivity index (χ3n) is 2.83. The van der Waals surface area contributed by atoms with Gasteiger partial charge in [0, 0.05) is 32.7 Å². The minimum atomic E-state index is 0.0547. The van der Waals surface area contributed by atoms with Crippen LogP contribution in [0.4, 0.5) is 0 Å². The predicted octanol–water partition coefficient (Wildman–Crippen LogP) is 0.610. The van der Waals surface area contributed by atoms with E-state index in [2.05, 4.69) is 10.2 Å². The van der Waals surface area contributed by atoms with Crippen molar-refractivity contribution in [1.29, 1.82) is 0 Å². The molecule has 0 aliphatic carbocycles. The van der Waals surface area contributed by atoms with E-state index >= 15 is 0 Å². The van der Waals surface area contributed by atoms with Crippen LogP contribution in [-0.4, -0.2) is 42.5 Å². The van der Waals surface area contributed by atoms with Crippen LogP contribution in [0.3, 0.4) is 0 Å². The first kappa shape index (κ1) is 11.1. The molecule has 0 unspecified atom stereocenters. The molecule has 0 spiro atoms. The largest absolute Gasteiger partial charge is 0.507 e. The molecule has 0 bridgehead atoms. The lowest BCUT2D eigenvalue weighted by Gasteiger charge is -2.27. The molecule has 1 fully saturated rings. The Morgan fingerprint density at radius 2 is 2.12 bits per heavy atom. The summed E-state index contributed by atoms with van der Waals surface area (Å²) in [5.41, 5.74) is 1.44. The Kier molecular flexibility index (Phi) is 3.54. The molecule has 4 nitrogen and oxygen atoms in total. The van der Waals surface area contributed by atoms with Crippen LogP contribution in [0.2, 0.25) is 0 Å². The average molecular weight is 220 g/mol. The number of piperazine rings is 1. The van der Waals surface area contributed by atoms with Gasteiger partial charge in [-0.25, -0.2) is 0 Å². The van der Waals surface area contributed by atoms with Gasteiger partial charge in [-0.1, -0.05) is 6.07 Å². The van der Waals surface area contributed by atoms with Crippen LogP contribution in [-0.2, 0) is 6.54 Å². The van der Waals surface area contributed by atoms with Gasteiger partial charge in [0.2, 0.25) is 0 Å². The van der Waals surface area contributed by atoms with Crippen molar-refractivity contribution in [2.24, 2.45) is 0 Å². The molecule has 2 rings (SSSR count). The van der Waals surface area contributed by atoms with Gasteiger partial charge < -0.3 is 10.4 Å². The zero-order valence-electron chi connectivity index (χ0n) is 9.15. The smallest absolute Gasteiger partial charge is 0.153 e. The summed E-state index contributed by atoms with van der Waals surface area (Å²) in [7, 11) is 0. The van der Waals surface area contributed by atoms with Gasteiger partial charge in [0.05, 0.1) is 5.56 Å². The minimum absolute atomic E-state index is 0.0547. The number of phenols is 1. The minimum Gasteiger partial charge on any atom is -0.507 e. The lowest BCUT2D eigenvalue weighted by molar-refractivity contribution is 0.112. The van der Waals surface area contributed by atoms with E-state index in [0.717, 1.165) is 38.3 Å². The molecular weight excluding hydrogens is 204 g/mol. The van der Waals surface area contributed by atoms with E-state index in [1.54, 1.807) is 12.1 Å². The molecule has 1 saturated heterocycles. The van der Waals surface area contributed by atoms with Gasteiger partial charge in [-0.05, 0) is 17.7 Å². The molecule has 0 aromatic heterocycles. The summed E-state index contributed by atoms with van der Waals surface area (Å²) in [6.45, 7) is 4.91. The molecular formula is C12H16N2O2. The number of nitrogens with one attached hydrogen (secondary N) is 1. The molecule has 86 valence electrons. The van der Waals surface area contributed by atoms with Gasteiger partial charge in [-0.3, -0.25) is 9.69 Å². The molecule has 1 aromatic carbocycles. The third-order valence-corrected chi connectivity index (χ3v) is 2.83. The zero-order chi connectivity index (χ0) is 11.4. The fraction of sp³-hybridized carbons (Fsp3) is 0.417. The number of hydrogen-bond donors (Lipinski definition) is 2. The number of carbonyl (C=O) groups excluding carboxylic acids is 1. The summed E-state index contributed by atoms with van der Waals surface area (Å²) >= 11 is 0. The Balaban J connectivity index is 2.05. The van der Waals surface area contributed by atoms with Crippen LogP contribution in [0.5, 0.6) is 5.75 Å². The van der Waals surface area contributed by atoms with E-state index in [1.165, 1.54) is 0 Å². The summed E-state index contributed by atoms with van der Waals surface area (Å²) < 4.78 is 0. The molecule has 16 heavy (non-hydrogen) atoms. The van der Waals surface area contributed by atoms with Crippen molar-refractivity contribution in [3.63, 3.8) is 0 Å². The second kappa shape index (κ2) is 5.09. The Bertz CT molecular complexity index is 373. The molecule has 0 atom stereocenters. The van der Waals surface area contributed by atoms with Crippen molar-refractivity contribution in [3.05, 3.63) is 29.3 Å². The van der Waals surface area contributed by atoms with Crippen molar-refractivity contribution in [2.75, 3.05) is 26.2 Å². The fourth-order valence-electron chi connectivity index (χ4n) is 1.92. The number of carbonyl (C=O) groups is 1. The van der Waals surface area contributed by atoms with Crippen molar-refractivity contribution in [2.45, 2.75) is 6.54 Å². The Morgan fingerprint density at radius 3 is 2.81 bits per heavy atom. The van der Waals surface area contributed by atoms with E-state index in [1.807, 2.05) is 6.07 Å². The highest BCUT2D eigenvalue weighted by atomic mass is 16.3. The lowest BCUT2D eigenvalue weighted by atomic mass is 10.1. The fourth-order valence-corrected chi connectivity index (χ4v) is 1.92. The first-order valence-corrected chi connectivity index (χ1v) is 5.50. The van der Waals surface area contributed by atoms with Crippen LogP contribution >= 0.6 is 0 Å². The summed E-state index contributed by atoms with van der Waals surface area (Å²) in [5.74, 6) is 0.0547. The number of rotatable bonds is 3. The van der Waals surface area contributed by atoms with Gasteiger partial charge in [0.25, 0.3) is 0 Å². The maximum Gasteiger partial charge on any atom is 0.153 e. The van der Waals surface area contributed by atoms with Gasteiger partial charge in [-0.2, -0.15) is 0 Å². The SMILES string of the molecule is O=Cc1cc(CN2CCNCC2)ccc1O. The molecule has 0 radical (unpaired) electrons. The van der Waals surface area contributed by atoms with E-state index in [4.69, 9.17) is 0 Å². The topological polar surface area (TPSA) is 52.6 Å². The number of aldehydes is 1. The second-order valence-electron chi connectivity index (χ2n) is 4.04. The second-order valence-corrected chi connectivity index (χ2v) is 4.04. The highest BCUT2D eigenvalue weighted by Crippen LogP contribution is 2.17. The van der Waals surface area contributed by atoms with Crippen molar-refractivity contribution < 1.29 is 9.90 Å². The van der Waals surface area contributed by atoms with Gasteiger partial charge in [-0.15, -0.1) is 0 Å². The van der Waals surface area contributed by atoms with E-state index in [0.29, 0.717) is 11.8 Å². The van der Waals surface area contributed by atoms with E-state index < -0.39 is 0 Å². The van der Waals surface area contributed by atoms with Gasteiger partial charge in [0.1, 0.15) is 5.75 Å². The zero-order valence-corrected chi connectivity index (χ0v) is 9.15. The lowest BCUT2D eigenvalue weighted by Crippen LogP contribution is -2.42. The standard InChI is InChI=1S/C12H16N2O2/c15-9-11-7-10(1-2-12(11)16)8-14-5-3-13-4-6-14/h1-2,7,9,13,16H,3-6,8H2. The van der Waals surface area contributed by atoms with Crippen molar-refractivity contribution in [3.8, 4) is 5.75 Å². The molecule has 1 heterocycles. The Hall–Kier alpha value is -1.39. The summed E-state index contributed by atoms with van der Waals surface area (Å²) in [6, 6.07) is 5.20. The van der Waals surface area contributed by atoms with E-state index in [9.17, 15) is 9.90 Å². The van der Waals surface area contributed by atoms with Crippen LogP contribution in [0.1, 0.15) is 15.9 Å². The first-order chi connectivity index (χ1) is 7.79. The van der Waals surface area contributed by atoms with Gasteiger partial charge >= 0.3 is 0 Å². The summed E-state index contributed by atoms with van der Waals surface area (Å²) in [4.78, 5) is 13.0. The molecule has 0 amide bonds. The number of hydrogen-bond acceptors (Lipinski definition) is 4. The van der Waals surface area contributed by atoms with Crippen molar-refractivity contribution in [1.82, 2.24) is 10.2 Å². The van der Waals surface area contributed by atoms with Crippen LogP contribution in [0.25, 0.3) is 0 Å². The molecule has 2 N–H and O–H groups in total. The number of aromatic hydroxyl groups is 1. The number of benzene rings is 1. The summed E-state index contributed by atoms with van der Waals surface area (Å²) in [6.07, 6.45) is 0.691. The quantitative estimate of drug-likeness (QED) is 0.733. The van der Waals surface area contributed by atoms with E-state index in [-0.39, 0.29) is 5.75 Å². The van der Waals surface area contributed by atoms with Crippen LogP contribution < -0.4 is 5.32 Å².